The van der Waals surface area contributed by atoms with Crippen LogP contribution in [0.2, 0.25) is 0 Å². The fourth-order valence-corrected chi connectivity index (χ4v) is 2.80. The number of hydrogen-bond acceptors (Lipinski definition) is 2. The lowest BCUT2D eigenvalue weighted by atomic mass is 10.1. The van der Waals surface area contributed by atoms with Gasteiger partial charge >= 0.3 is 6.03 Å². The van der Waals surface area contributed by atoms with Crippen LogP contribution in [0.25, 0.3) is 10.9 Å². The molecule has 0 saturated heterocycles. The van der Waals surface area contributed by atoms with Gasteiger partial charge < -0.3 is 10.3 Å². The first kappa shape index (κ1) is 17.5. The number of H-pyrrole nitrogens is 1. The largest absolute Gasteiger partial charge is 0.360 e. The number of aryl methyl sites for hydroxylation is 1. The zero-order valence-corrected chi connectivity index (χ0v) is 14.6. The minimum atomic E-state index is -0.432. The second kappa shape index (κ2) is 8.20. The molecule has 1 aromatic heterocycles. The molecule has 3 aromatic rings. The Morgan fingerprint density at radius 3 is 2.54 bits per heavy atom. The van der Waals surface area contributed by atoms with Gasteiger partial charge in [-0.3, -0.25) is 10.2 Å². The van der Waals surface area contributed by atoms with Gasteiger partial charge in [-0.05, 0) is 31.4 Å². The van der Waals surface area contributed by atoms with Gasteiger partial charge in [0.25, 0.3) is 5.91 Å². The number of hydrogen-bond donors (Lipinski definition) is 4. The van der Waals surface area contributed by atoms with E-state index in [0.29, 0.717) is 5.56 Å². The molecular formula is C20H22N4O2. The summed E-state index contributed by atoms with van der Waals surface area (Å²) >= 11 is 0. The zero-order valence-electron chi connectivity index (χ0n) is 14.6. The van der Waals surface area contributed by atoms with Gasteiger partial charge in [0, 0.05) is 23.1 Å². The Morgan fingerprint density at radius 1 is 1.00 bits per heavy atom. The van der Waals surface area contributed by atoms with Crippen LogP contribution in [0, 0.1) is 0 Å². The number of aromatic nitrogens is 1. The molecule has 4 N–H and O–H groups in total. The number of aromatic amines is 1. The molecule has 0 aliphatic carbocycles. The van der Waals surface area contributed by atoms with Gasteiger partial charge in [-0.15, -0.1) is 0 Å². The number of rotatable bonds is 5. The van der Waals surface area contributed by atoms with Crippen LogP contribution in [0.3, 0.4) is 0 Å². The highest BCUT2D eigenvalue weighted by Gasteiger charge is 2.13. The summed E-state index contributed by atoms with van der Waals surface area (Å²) in [5.41, 5.74) is 7.42. The summed E-state index contributed by atoms with van der Waals surface area (Å²) in [6.07, 6.45) is 3.32. The third kappa shape index (κ3) is 4.42. The van der Waals surface area contributed by atoms with Crippen molar-refractivity contribution in [3.8, 4) is 0 Å². The molecule has 0 bridgehead atoms. The van der Waals surface area contributed by atoms with E-state index in [1.54, 1.807) is 6.20 Å². The van der Waals surface area contributed by atoms with Gasteiger partial charge in [-0.1, -0.05) is 48.5 Å². The average Bonchev–Trinajstić information content (AvgIpc) is 3.09. The number of para-hydroxylation sites is 1. The van der Waals surface area contributed by atoms with Crippen molar-refractivity contribution in [2.24, 2.45) is 0 Å². The van der Waals surface area contributed by atoms with E-state index in [1.807, 2.05) is 49.4 Å². The minimum Gasteiger partial charge on any atom is -0.360 e. The van der Waals surface area contributed by atoms with Crippen LogP contribution in [-0.4, -0.2) is 23.0 Å². The molecule has 0 spiro atoms. The number of urea groups is 1. The van der Waals surface area contributed by atoms with Crippen LogP contribution >= 0.6 is 0 Å². The molecule has 134 valence electrons. The predicted octanol–water partition coefficient (Wildman–Crippen LogP) is 3.13. The van der Waals surface area contributed by atoms with Crippen molar-refractivity contribution < 1.29 is 9.59 Å². The lowest BCUT2D eigenvalue weighted by Gasteiger charge is -2.15. The van der Waals surface area contributed by atoms with E-state index in [2.05, 4.69) is 33.3 Å². The van der Waals surface area contributed by atoms with Crippen molar-refractivity contribution >= 4 is 22.8 Å². The second-order valence-corrected chi connectivity index (χ2v) is 6.23. The van der Waals surface area contributed by atoms with Crippen LogP contribution in [0.5, 0.6) is 0 Å². The molecule has 2 aromatic carbocycles. The van der Waals surface area contributed by atoms with Crippen LogP contribution in [-0.2, 0) is 6.42 Å². The molecule has 0 radical (unpaired) electrons. The van der Waals surface area contributed by atoms with Gasteiger partial charge in [0.15, 0.2) is 0 Å². The van der Waals surface area contributed by atoms with Crippen LogP contribution in [0.15, 0.2) is 60.8 Å². The quantitative estimate of drug-likeness (QED) is 0.533. The molecule has 3 amide bonds. The van der Waals surface area contributed by atoms with E-state index >= 15 is 0 Å². The first-order valence-corrected chi connectivity index (χ1v) is 8.60. The fourth-order valence-electron chi connectivity index (χ4n) is 2.80. The van der Waals surface area contributed by atoms with E-state index in [0.717, 1.165) is 23.7 Å². The average molecular weight is 350 g/mol. The Morgan fingerprint density at radius 2 is 1.73 bits per heavy atom. The summed E-state index contributed by atoms with van der Waals surface area (Å²) < 4.78 is 0. The van der Waals surface area contributed by atoms with E-state index in [1.165, 1.54) is 5.56 Å². The Bertz CT molecular complexity index is 889. The molecule has 26 heavy (non-hydrogen) atoms. The molecule has 1 unspecified atom stereocenters. The molecule has 0 aliphatic heterocycles. The molecule has 3 rings (SSSR count). The topological polar surface area (TPSA) is 86.0 Å². The van der Waals surface area contributed by atoms with E-state index < -0.39 is 6.03 Å². The first-order valence-electron chi connectivity index (χ1n) is 8.60. The third-order valence-electron chi connectivity index (χ3n) is 4.21. The number of carbonyl (C=O) groups is 2. The first-order chi connectivity index (χ1) is 12.6. The Balaban J connectivity index is 1.45. The SMILES string of the molecule is CC(CCc1ccccc1)NC(=O)NNC(=O)c1c[nH]c2ccccc12. The lowest BCUT2D eigenvalue weighted by molar-refractivity contribution is 0.0937. The standard InChI is InChI=1S/C20H22N4O2/c1-14(11-12-15-7-3-2-4-8-15)22-20(26)24-23-19(25)17-13-21-18-10-6-5-9-16(17)18/h2-10,13-14,21H,11-12H2,1H3,(H,23,25)(H2,22,24,26). The Hall–Kier alpha value is -3.28. The Labute approximate surface area is 152 Å². The number of hydrazine groups is 1. The Kier molecular flexibility index (Phi) is 5.53. The second-order valence-electron chi connectivity index (χ2n) is 6.23. The van der Waals surface area contributed by atoms with Gasteiger partial charge in [0.1, 0.15) is 0 Å². The van der Waals surface area contributed by atoms with Gasteiger partial charge in [-0.2, -0.15) is 0 Å². The summed E-state index contributed by atoms with van der Waals surface area (Å²) in [6.45, 7) is 1.93. The molecule has 0 saturated carbocycles. The van der Waals surface area contributed by atoms with Crippen LogP contribution in [0.1, 0.15) is 29.3 Å². The molecular weight excluding hydrogens is 328 g/mol. The van der Waals surface area contributed by atoms with Crippen molar-refractivity contribution in [2.75, 3.05) is 0 Å². The summed E-state index contributed by atoms with van der Waals surface area (Å²) in [5, 5.41) is 3.62. The molecule has 0 aliphatic rings. The maximum atomic E-state index is 12.2. The monoisotopic (exact) mass is 350 g/mol. The van der Waals surface area contributed by atoms with Crippen LogP contribution in [0.4, 0.5) is 4.79 Å². The number of fused-ring (bicyclic) bond motifs is 1. The summed E-state index contributed by atoms with van der Waals surface area (Å²) in [7, 11) is 0. The normalized spacial score (nSPS) is 11.7. The summed E-state index contributed by atoms with van der Waals surface area (Å²) in [4.78, 5) is 27.2. The maximum Gasteiger partial charge on any atom is 0.333 e. The van der Waals surface area contributed by atoms with Crippen molar-refractivity contribution in [3.05, 3.63) is 71.9 Å². The number of amides is 3. The molecule has 1 atom stereocenters. The number of carbonyl (C=O) groups excluding carboxylic acids is 2. The van der Waals surface area contributed by atoms with E-state index in [9.17, 15) is 9.59 Å². The van der Waals surface area contributed by atoms with Crippen molar-refractivity contribution in [2.45, 2.75) is 25.8 Å². The molecule has 6 nitrogen and oxygen atoms in total. The maximum absolute atomic E-state index is 12.2. The molecule has 1 heterocycles. The summed E-state index contributed by atoms with van der Waals surface area (Å²) in [6, 6.07) is 17.2. The molecule has 0 fully saturated rings. The third-order valence-corrected chi connectivity index (χ3v) is 4.21. The zero-order chi connectivity index (χ0) is 18.4. The minimum absolute atomic E-state index is 0.0137. The fraction of sp³-hybridized carbons (Fsp3) is 0.200. The van der Waals surface area contributed by atoms with Gasteiger partial charge in [0.2, 0.25) is 0 Å². The van der Waals surface area contributed by atoms with Gasteiger partial charge in [0.05, 0.1) is 5.56 Å². The number of benzene rings is 2. The predicted molar refractivity (Wildman–Crippen MR) is 102 cm³/mol. The van der Waals surface area contributed by atoms with E-state index in [4.69, 9.17) is 0 Å². The van der Waals surface area contributed by atoms with Crippen molar-refractivity contribution in [1.82, 2.24) is 21.2 Å². The van der Waals surface area contributed by atoms with Crippen molar-refractivity contribution in [1.29, 1.82) is 0 Å². The van der Waals surface area contributed by atoms with Gasteiger partial charge in [-0.25, -0.2) is 10.2 Å². The lowest BCUT2D eigenvalue weighted by Crippen LogP contribution is -2.49. The summed E-state index contributed by atoms with van der Waals surface area (Å²) in [5.74, 6) is -0.366. The highest BCUT2D eigenvalue weighted by atomic mass is 16.2. The highest BCUT2D eigenvalue weighted by Crippen LogP contribution is 2.17. The highest BCUT2D eigenvalue weighted by molar-refractivity contribution is 6.07. The smallest absolute Gasteiger partial charge is 0.333 e. The molecule has 6 heteroatoms. The number of nitrogens with one attached hydrogen (secondary N) is 4. The van der Waals surface area contributed by atoms with E-state index in [-0.39, 0.29) is 11.9 Å². The van der Waals surface area contributed by atoms with Crippen molar-refractivity contribution in [3.63, 3.8) is 0 Å². The van der Waals surface area contributed by atoms with Crippen LogP contribution < -0.4 is 16.2 Å².